The Bertz CT molecular complexity index is 1140. The Labute approximate surface area is 169 Å². The molecule has 1 aliphatic carbocycles. The number of allylic oxidation sites excluding steroid dienone is 2. The monoisotopic (exact) mass is 387 g/mol. The van der Waals surface area contributed by atoms with Crippen molar-refractivity contribution < 1.29 is 9.18 Å². The molecule has 0 fully saturated rings. The molecule has 2 aliphatic rings. The lowest BCUT2D eigenvalue weighted by atomic mass is 9.61. The first-order chi connectivity index (χ1) is 13.7. The highest BCUT2D eigenvalue weighted by Gasteiger charge is 2.49. The van der Waals surface area contributed by atoms with Gasteiger partial charge >= 0.3 is 0 Å². The van der Waals surface area contributed by atoms with Crippen LogP contribution in [0.5, 0.6) is 0 Å². The molecule has 1 aromatic heterocycles. The zero-order chi connectivity index (χ0) is 21.0. The second kappa shape index (κ2) is 6.38. The van der Waals surface area contributed by atoms with E-state index in [1.807, 2.05) is 37.3 Å². The van der Waals surface area contributed by atoms with Crippen LogP contribution in [0.1, 0.15) is 55.9 Å². The molecule has 0 saturated heterocycles. The van der Waals surface area contributed by atoms with Gasteiger partial charge in [-0.3, -0.25) is 4.79 Å². The maximum absolute atomic E-state index is 14.6. The number of benzene rings is 1. The van der Waals surface area contributed by atoms with Gasteiger partial charge in [-0.1, -0.05) is 50.8 Å². The second-order valence-electron chi connectivity index (χ2n) is 8.69. The lowest BCUT2D eigenvalue weighted by molar-refractivity contribution is -0.118. The third kappa shape index (κ3) is 2.79. The smallest absolute Gasteiger partial charge is 0.162 e. The Morgan fingerprint density at radius 1 is 1.31 bits per heavy atom. The summed E-state index contributed by atoms with van der Waals surface area (Å²) >= 11 is 0. The van der Waals surface area contributed by atoms with Crippen LogP contribution in [0.2, 0.25) is 0 Å². The number of aromatic nitrogens is 1. The van der Waals surface area contributed by atoms with Gasteiger partial charge in [-0.25, -0.2) is 9.37 Å². The molecule has 4 nitrogen and oxygen atoms in total. The van der Waals surface area contributed by atoms with Crippen molar-refractivity contribution in [3.8, 4) is 6.07 Å². The normalized spacial score (nSPS) is 22.2. The predicted octanol–water partition coefficient (Wildman–Crippen LogP) is 5.11. The number of ketones is 1. The highest BCUT2D eigenvalue weighted by Crippen LogP contribution is 2.53. The van der Waals surface area contributed by atoms with E-state index in [0.717, 1.165) is 23.0 Å². The van der Waals surface area contributed by atoms with E-state index in [2.05, 4.69) is 30.7 Å². The van der Waals surface area contributed by atoms with Gasteiger partial charge in [0.25, 0.3) is 0 Å². The first-order valence-electron chi connectivity index (χ1n) is 9.57. The molecule has 0 saturated carbocycles. The fourth-order valence-corrected chi connectivity index (χ4v) is 4.72. The molecule has 1 aromatic carbocycles. The summed E-state index contributed by atoms with van der Waals surface area (Å²) in [6.07, 6.45) is 3.85. The molecule has 1 aliphatic heterocycles. The van der Waals surface area contributed by atoms with Crippen LogP contribution in [0.15, 0.2) is 48.3 Å². The summed E-state index contributed by atoms with van der Waals surface area (Å²) in [5.74, 6) is -0.250. The molecule has 2 aromatic rings. The number of Topliss-reactive ketones (excluding diaryl/α,β-unsaturated/α-hetero) is 1. The quantitative estimate of drug-likeness (QED) is 0.778. The number of halogens is 1. The molecule has 0 bridgehead atoms. The molecular formula is C24H22FN3O. The molecule has 1 N–H and O–H groups in total. The lowest BCUT2D eigenvalue weighted by Crippen LogP contribution is -2.43. The summed E-state index contributed by atoms with van der Waals surface area (Å²) in [6, 6.07) is 9.64. The van der Waals surface area contributed by atoms with Gasteiger partial charge < -0.3 is 5.32 Å². The van der Waals surface area contributed by atoms with Crippen molar-refractivity contribution in [2.24, 2.45) is 5.41 Å². The Balaban J connectivity index is 2.11. The average Bonchev–Trinajstić information content (AvgIpc) is 2.67. The van der Waals surface area contributed by atoms with Crippen molar-refractivity contribution in [1.82, 2.24) is 4.98 Å². The van der Waals surface area contributed by atoms with E-state index in [0.29, 0.717) is 29.8 Å². The topological polar surface area (TPSA) is 65.8 Å². The standard InChI is InChI=1S/C24H22FN3O/c1-5-14-7-6-8-15(9-14)24(4)20-16(12-26)17(25)13-27-22(20)28-18-10-23(2,3)11-19(29)21(18)24/h5-9,13H,1,10-11H2,2-4H3,(H,27,28). The predicted molar refractivity (Wildman–Crippen MR) is 111 cm³/mol. The average molecular weight is 387 g/mol. The second-order valence-corrected chi connectivity index (χ2v) is 8.69. The van der Waals surface area contributed by atoms with Gasteiger partial charge in [0.05, 0.1) is 17.2 Å². The summed E-state index contributed by atoms with van der Waals surface area (Å²) in [4.78, 5) is 17.6. The summed E-state index contributed by atoms with van der Waals surface area (Å²) in [7, 11) is 0. The maximum Gasteiger partial charge on any atom is 0.162 e. The summed E-state index contributed by atoms with van der Waals surface area (Å²) in [5, 5.41) is 13.0. The van der Waals surface area contributed by atoms with Crippen molar-refractivity contribution in [2.75, 3.05) is 5.32 Å². The third-order valence-corrected chi connectivity index (χ3v) is 5.99. The van der Waals surface area contributed by atoms with Crippen LogP contribution < -0.4 is 5.32 Å². The Morgan fingerprint density at radius 2 is 2.07 bits per heavy atom. The molecule has 1 atom stereocenters. The third-order valence-electron chi connectivity index (χ3n) is 5.99. The number of nitrogens with zero attached hydrogens (tertiary/aromatic N) is 2. The minimum absolute atomic E-state index is 0.00839. The van der Waals surface area contributed by atoms with Gasteiger partial charge in [0.2, 0.25) is 0 Å². The van der Waals surface area contributed by atoms with Gasteiger partial charge in [0, 0.05) is 23.3 Å². The number of nitrogens with one attached hydrogen (secondary N) is 1. The molecule has 5 heteroatoms. The fourth-order valence-electron chi connectivity index (χ4n) is 4.72. The van der Waals surface area contributed by atoms with Gasteiger partial charge in [-0.05, 0) is 29.9 Å². The van der Waals surface area contributed by atoms with E-state index in [1.165, 1.54) is 0 Å². The van der Waals surface area contributed by atoms with Crippen LogP contribution in [0.25, 0.3) is 6.08 Å². The molecule has 0 spiro atoms. The number of hydrogen-bond donors (Lipinski definition) is 1. The van der Waals surface area contributed by atoms with Crippen LogP contribution in [-0.2, 0) is 10.2 Å². The fraction of sp³-hybridized carbons (Fsp3) is 0.292. The zero-order valence-corrected chi connectivity index (χ0v) is 16.8. The van der Waals surface area contributed by atoms with Crippen LogP contribution in [0, 0.1) is 22.6 Å². The Morgan fingerprint density at radius 3 is 2.76 bits per heavy atom. The van der Waals surface area contributed by atoms with Crippen molar-refractivity contribution in [2.45, 2.75) is 39.0 Å². The van der Waals surface area contributed by atoms with Gasteiger partial charge in [0.15, 0.2) is 11.6 Å². The molecule has 146 valence electrons. The summed E-state index contributed by atoms with van der Waals surface area (Å²) in [6.45, 7) is 9.83. The van der Waals surface area contributed by atoms with Crippen LogP contribution in [-0.4, -0.2) is 10.8 Å². The maximum atomic E-state index is 14.6. The number of hydrogen-bond acceptors (Lipinski definition) is 4. The van der Waals surface area contributed by atoms with Crippen molar-refractivity contribution in [1.29, 1.82) is 5.26 Å². The van der Waals surface area contributed by atoms with Crippen LogP contribution in [0.4, 0.5) is 10.2 Å². The molecule has 2 heterocycles. The number of carbonyl (C=O) groups is 1. The zero-order valence-electron chi connectivity index (χ0n) is 16.8. The van der Waals surface area contributed by atoms with Gasteiger partial charge in [-0.15, -0.1) is 0 Å². The minimum atomic E-state index is -0.997. The number of carbonyl (C=O) groups excluding carboxylic acids is 1. The number of rotatable bonds is 2. The van der Waals surface area contributed by atoms with E-state index < -0.39 is 11.2 Å². The molecule has 29 heavy (non-hydrogen) atoms. The number of fused-ring (bicyclic) bond motifs is 1. The van der Waals surface area contributed by atoms with Gasteiger partial charge in [-0.2, -0.15) is 5.26 Å². The number of pyridine rings is 1. The summed E-state index contributed by atoms with van der Waals surface area (Å²) in [5.41, 5.74) is 2.22. The van der Waals surface area contributed by atoms with E-state index in [1.54, 1.807) is 6.08 Å². The van der Waals surface area contributed by atoms with E-state index in [4.69, 9.17) is 0 Å². The largest absolute Gasteiger partial charge is 0.343 e. The highest BCUT2D eigenvalue weighted by molar-refractivity contribution is 6.03. The number of anilines is 1. The van der Waals surface area contributed by atoms with Crippen molar-refractivity contribution >= 4 is 17.7 Å². The summed E-state index contributed by atoms with van der Waals surface area (Å²) < 4.78 is 14.6. The minimum Gasteiger partial charge on any atom is -0.343 e. The molecule has 0 radical (unpaired) electrons. The molecular weight excluding hydrogens is 365 g/mol. The van der Waals surface area contributed by atoms with Gasteiger partial charge in [0.1, 0.15) is 11.9 Å². The van der Waals surface area contributed by atoms with E-state index >= 15 is 0 Å². The first-order valence-corrected chi connectivity index (χ1v) is 9.57. The molecule has 4 rings (SSSR count). The highest BCUT2D eigenvalue weighted by atomic mass is 19.1. The molecule has 1 unspecified atom stereocenters. The van der Waals surface area contributed by atoms with E-state index in [9.17, 15) is 14.4 Å². The Hall–Kier alpha value is -3.26. The Kier molecular flexibility index (Phi) is 4.20. The van der Waals surface area contributed by atoms with Crippen molar-refractivity contribution in [3.63, 3.8) is 0 Å². The molecule has 0 amide bonds. The van der Waals surface area contributed by atoms with Crippen molar-refractivity contribution in [3.05, 3.63) is 76.4 Å². The van der Waals surface area contributed by atoms with Crippen LogP contribution >= 0.6 is 0 Å². The first kappa shape index (κ1) is 19.1. The van der Waals surface area contributed by atoms with E-state index in [-0.39, 0.29) is 16.8 Å². The van der Waals surface area contributed by atoms with Crippen LogP contribution in [0.3, 0.4) is 0 Å². The lowest BCUT2D eigenvalue weighted by Gasteiger charge is -2.44. The number of nitriles is 1. The SMILES string of the molecule is C=Cc1cccc(C2(C)C3=C(CC(C)(C)CC3=O)Nc3ncc(F)c(C#N)c32)c1.